The van der Waals surface area contributed by atoms with Gasteiger partial charge in [-0.1, -0.05) is 25.8 Å². The number of rotatable bonds is 7. The predicted molar refractivity (Wildman–Crippen MR) is 144 cm³/mol. The molecule has 206 valence electrons. The smallest absolute Gasteiger partial charge is 0.264 e. The summed E-state index contributed by atoms with van der Waals surface area (Å²) < 4.78 is 2.07. The molecule has 2 aromatic rings. The highest BCUT2D eigenvalue weighted by molar-refractivity contribution is 6.25. The molecule has 1 aromatic carbocycles. The molecule has 2 N–H and O–H groups in total. The van der Waals surface area contributed by atoms with Crippen LogP contribution in [0.1, 0.15) is 90.6 Å². The van der Waals surface area contributed by atoms with Crippen molar-refractivity contribution in [3.05, 3.63) is 47.3 Å². The van der Waals surface area contributed by atoms with Gasteiger partial charge in [-0.25, -0.2) is 0 Å². The van der Waals surface area contributed by atoms with Crippen LogP contribution >= 0.6 is 0 Å². The highest BCUT2D eigenvalue weighted by Crippen LogP contribution is 2.39. The lowest BCUT2D eigenvalue weighted by molar-refractivity contribution is -0.136. The number of likely N-dealkylation sites (tertiary alicyclic amines) is 1. The summed E-state index contributed by atoms with van der Waals surface area (Å²) in [5, 5.41) is 10.2. The molecule has 3 aliphatic heterocycles. The third-order valence-corrected chi connectivity index (χ3v) is 8.95. The number of aromatic nitrogens is 2. The summed E-state index contributed by atoms with van der Waals surface area (Å²) in [7, 11) is 0. The molecule has 1 atom stereocenters. The Kier molecular flexibility index (Phi) is 6.74. The molecule has 3 fully saturated rings. The van der Waals surface area contributed by atoms with Gasteiger partial charge in [0.2, 0.25) is 11.8 Å². The average Bonchev–Trinajstić information content (AvgIpc) is 3.63. The number of benzene rings is 1. The minimum Gasteiger partial charge on any atom is -0.380 e. The van der Waals surface area contributed by atoms with Crippen LogP contribution in [0.25, 0.3) is 0 Å². The average molecular weight is 533 g/mol. The zero-order chi connectivity index (χ0) is 27.1. The molecule has 10 nitrogen and oxygen atoms in total. The van der Waals surface area contributed by atoms with Gasteiger partial charge in [0.15, 0.2) is 0 Å². The molecule has 6 rings (SSSR count). The molecule has 1 unspecified atom stereocenters. The third kappa shape index (κ3) is 4.97. The number of carbonyl (C=O) groups is 4. The number of anilines is 1. The van der Waals surface area contributed by atoms with Crippen LogP contribution in [0, 0.1) is 5.41 Å². The summed E-state index contributed by atoms with van der Waals surface area (Å²) in [6, 6.07) is 4.50. The maximum absolute atomic E-state index is 13.3. The van der Waals surface area contributed by atoms with Crippen LogP contribution in [-0.4, -0.2) is 68.9 Å². The number of nitrogens with one attached hydrogen (secondary N) is 2. The molecule has 1 saturated carbocycles. The predicted octanol–water partition coefficient (Wildman–Crippen LogP) is 3.11. The van der Waals surface area contributed by atoms with Crippen LogP contribution in [0.3, 0.4) is 0 Å². The molecule has 2 saturated heterocycles. The molecule has 0 bridgehead atoms. The first-order valence-corrected chi connectivity index (χ1v) is 14.2. The summed E-state index contributed by atoms with van der Waals surface area (Å²) >= 11 is 0. The Labute approximate surface area is 228 Å². The first-order valence-electron chi connectivity index (χ1n) is 14.2. The minimum atomic E-state index is -0.978. The fourth-order valence-electron chi connectivity index (χ4n) is 6.80. The van der Waals surface area contributed by atoms with E-state index in [1.165, 1.54) is 32.2 Å². The van der Waals surface area contributed by atoms with Gasteiger partial charge in [-0.3, -0.25) is 34.1 Å². The Morgan fingerprint density at radius 2 is 1.82 bits per heavy atom. The van der Waals surface area contributed by atoms with E-state index in [1.807, 2.05) is 6.20 Å². The number of fused-ring (bicyclic) bond motifs is 1. The molecule has 4 aliphatic rings. The minimum absolute atomic E-state index is 0.0946. The van der Waals surface area contributed by atoms with Gasteiger partial charge in [0.1, 0.15) is 6.04 Å². The van der Waals surface area contributed by atoms with Crippen molar-refractivity contribution in [1.29, 1.82) is 0 Å². The van der Waals surface area contributed by atoms with Crippen LogP contribution < -0.4 is 10.6 Å². The van der Waals surface area contributed by atoms with Crippen molar-refractivity contribution >= 4 is 29.3 Å². The molecule has 0 radical (unpaired) electrons. The van der Waals surface area contributed by atoms with E-state index in [1.54, 1.807) is 18.2 Å². The molecule has 1 aromatic heterocycles. The van der Waals surface area contributed by atoms with Crippen LogP contribution in [-0.2, 0) is 16.1 Å². The van der Waals surface area contributed by atoms with Crippen molar-refractivity contribution in [3.8, 4) is 0 Å². The highest BCUT2D eigenvalue weighted by atomic mass is 16.2. The zero-order valence-electron chi connectivity index (χ0n) is 22.4. The molecule has 0 spiro atoms. The van der Waals surface area contributed by atoms with Crippen LogP contribution in [0.2, 0.25) is 0 Å². The maximum Gasteiger partial charge on any atom is 0.264 e. The SMILES string of the molecule is CC1(CN2CCC(n3cc(CNc4cccc5c4C(=O)N(C4CCC(=O)NC4=O)C5=O)cn3)CC2)CCCC1. The van der Waals surface area contributed by atoms with Gasteiger partial charge in [-0.2, -0.15) is 5.10 Å². The van der Waals surface area contributed by atoms with E-state index in [4.69, 9.17) is 0 Å². The standard InChI is InChI=1S/C29H36N6O4/c1-29(11-2-3-12-29)18-33-13-9-20(10-14-33)34-17-19(16-31-34)15-30-22-6-4-5-21-25(22)28(39)35(27(21)38)23-7-8-24(36)32-26(23)37/h4-6,16-17,20,23,30H,2-3,7-15,18H2,1H3,(H,32,36,37). The summed E-state index contributed by atoms with van der Waals surface area (Å²) in [4.78, 5) is 53.9. The molecular weight excluding hydrogens is 496 g/mol. The van der Waals surface area contributed by atoms with Gasteiger partial charge in [0.05, 0.1) is 23.4 Å². The number of hydrogen-bond acceptors (Lipinski definition) is 7. The second-order valence-electron chi connectivity index (χ2n) is 11.9. The summed E-state index contributed by atoms with van der Waals surface area (Å²) in [5.41, 5.74) is 2.56. The number of imide groups is 2. The first kappa shape index (κ1) is 25.7. The van der Waals surface area contributed by atoms with Gasteiger partial charge in [-0.05, 0) is 49.7 Å². The second kappa shape index (κ2) is 10.2. The monoisotopic (exact) mass is 532 g/mol. The molecule has 4 heterocycles. The van der Waals surface area contributed by atoms with E-state index in [0.29, 0.717) is 23.7 Å². The van der Waals surface area contributed by atoms with E-state index in [9.17, 15) is 19.2 Å². The van der Waals surface area contributed by atoms with E-state index in [0.717, 1.165) is 36.4 Å². The van der Waals surface area contributed by atoms with E-state index < -0.39 is 23.8 Å². The number of piperidine rings is 2. The van der Waals surface area contributed by atoms with Crippen LogP contribution in [0.4, 0.5) is 5.69 Å². The summed E-state index contributed by atoms with van der Waals surface area (Å²) in [6.07, 6.45) is 11.8. The lowest BCUT2D eigenvalue weighted by Crippen LogP contribution is -2.54. The Bertz CT molecular complexity index is 1300. The van der Waals surface area contributed by atoms with Crippen molar-refractivity contribution < 1.29 is 19.2 Å². The fraction of sp³-hybridized carbons (Fsp3) is 0.552. The van der Waals surface area contributed by atoms with Gasteiger partial charge >= 0.3 is 0 Å². The van der Waals surface area contributed by atoms with Crippen LogP contribution in [0.5, 0.6) is 0 Å². The Morgan fingerprint density at radius 3 is 2.56 bits per heavy atom. The highest BCUT2D eigenvalue weighted by Gasteiger charge is 2.45. The largest absolute Gasteiger partial charge is 0.380 e. The summed E-state index contributed by atoms with van der Waals surface area (Å²) in [6.45, 7) is 6.30. The lowest BCUT2D eigenvalue weighted by atomic mass is 9.87. The number of hydrogen-bond donors (Lipinski definition) is 2. The van der Waals surface area contributed by atoms with E-state index >= 15 is 0 Å². The van der Waals surface area contributed by atoms with Gasteiger partial charge in [0.25, 0.3) is 11.8 Å². The molecule has 1 aliphatic carbocycles. The van der Waals surface area contributed by atoms with Crippen LogP contribution in [0.15, 0.2) is 30.6 Å². The van der Waals surface area contributed by atoms with Crippen molar-refractivity contribution in [2.75, 3.05) is 25.0 Å². The molecule has 39 heavy (non-hydrogen) atoms. The molecular formula is C29H36N6O4. The molecule has 4 amide bonds. The van der Waals surface area contributed by atoms with Crippen molar-refractivity contribution in [2.45, 2.75) is 76.9 Å². The van der Waals surface area contributed by atoms with Gasteiger partial charge in [-0.15, -0.1) is 0 Å². The fourth-order valence-corrected chi connectivity index (χ4v) is 6.80. The third-order valence-electron chi connectivity index (χ3n) is 8.95. The van der Waals surface area contributed by atoms with E-state index in [-0.39, 0.29) is 29.9 Å². The summed E-state index contributed by atoms with van der Waals surface area (Å²) in [5.74, 6) is -2.02. The Morgan fingerprint density at radius 1 is 1.05 bits per heavy atom. The second-order valence-corrected chi connectivity index (χ2v) is 11.9. The Hall–Kier alpha value is -3.53. The quantitative estimate of drug-likeness (QED) is 0.527. The molecule has 10 heteroatoms. The maximum atomic E-state index is 13.3. The normalized spacial score (nSPS) is 23.8. The zero-order valence-corrected chi connectivity index (χ0v) is 22.4. The topological polar surface area (TPSA) is 117 Å². The van der Waals surface area contributed by atoms with E-state index in [2.05, 4.69) is 38.4 Å². The van der Waals surface area contributed by atoms with Crippen molar-refractivity contribution in [3.63, 3.8) is 0 Å². The lowest BCUT2D eigenvalue weighted by Gasteiger charge is -2.37. The number of amides is 4. The Balaban J connectivity index is 1.08. The number of nitrogens with zero attached hydrogens (tertiary/aromatic N) is 4. The van der Waals surface area contributed by atoms with Gasteiger partial charge < -0.3 is 10.2 Å². The first-order chi connectivity index (χ1) is 18.8. The van der Waals surface area contributed by atoms with Gasteiger partial charge in [0, 0.05) is 50.0 Å². The number of carbonyl (C=O) groups excluding carboxylic acids is 4. The van der Waals surface area contributed by atoms with Crippen molar-refractivity contribution in [1.82, 2.24) is 24.9 Å². The van der Waals surface area contributed by atoms with Crippen molar-refractivity contribution in [2.24, 2.45) is 5.41 Å².